The third kappa shape index (κ3) is 2.55. The van der Waals surface area contributed by atoms with Crippen LogP contribution in [0.4, 0.5) is 0 Å². The minimum Gasteiger partial charge on any atom is -0.489 e. The van der Waals surface area contributed by atoms with Crippen molar-refractivity contribution in [2.24, 2.45) is 5.92 Å². The number of esters is 1. The minimum atomic E-state index is -0.267. The van der Waals surface area contributed by atoms with E-state index >= 15 is 0 Å². The molecule has 3 nitrogen and oxygen atoms in total. The lowest BCUT2D eigenvalue weighted by atomic mass is 10.0. The van der Waals surface area contributed by atoms with Crippen LogP contribution in [0.25, 0.3) is 0 Å². The van der Waals surface area contributed by atoms with Gasteiger partial charge in [-0.25, -0.2) is 4.79 Å². The average Bonchev–Trinajstić information content (AvgIpc) is 2.65. The van der Waals surface area contributed by atoms with E-state index in [1.54, 1.807) is 6.92 Å². The van der Waals surface area contributed by atoms with Crippen molar-refractivity contribution in [1.82, 2.24) is 0 Å². The third-order valence-corrected chi connectivity index (χ3v) is 3.01. The van der Waals surface area contributed by atoms with E-state index in [2.05, 4.69) is 0 Å². The Kier molecular flexibility index (Phi) is 3.70. The van der Waals surface area contributed by atoms with E-state index < -0.39 is 0 Å². The molecule has 18 heavy (non-hydrogen) atoms. The van der Waals surface area contributed by atoms with Crippen molar-refractivity contribution in [2.45, 2.75) is 33.5 Å². The molecule has 0 fully saturated rings. The lowest BCUT2D eigenvalue weighted by Crippen LogP contribution is -2.20. The van der Waals surface area contributed by atoms with Crippen molar-refractivity contribution in [3.8, 4) is 0 Å². The number of ether oxygens (including phenoxy) is 2. The predicted octanol–water partition coefficient (Wildman–Crippen LogP) is 3.06. The molecule has 0 spiro atoms. The van der Waals surface area contributed by atoms with Crippen LogP contribution in [0, 0.1) is 5.92 Å². The Labute approximate surface area is 107 Å². The van der Waals surface area contributed by atoms with Gasteiger partial charge in [0.15, 0.2) is 6.10 Å². The Hall–Kier alpha value is -1.77. The van der Waals surface area contributed by atoms with Gasteiger partial charge in [0.1, 0.15) is 12.4 Å². The van der Waals surface area contributed by atoms with Gasteiger partial charge < -0.3 is 9.47 Å². The molecule has 2 rings (SSSR count). The normalized spacial score (nSPS) is 19.3. The smallest absolute Gasteiger partial charge is 0.338 e. The van der Waals surface area contributed by atoms with E-state index in [-0.39, 0.29) is 18.0 Å². The van der Waals surface area contributed by atoms with Gasteiger partial charge in [-0.3, -0.25) is 0 Å². The molecule has 96 valence electrons. The Balaban J connectivity index is 2.09. The van der Waals surface area contributed by atoms with E-state index in [9.17, 15) is 4.79 Å². The third-order valence-electron chi connectivity index (χ3n) is 3.01. The van der Waals surface area contributed by atoms with Gasteiger partial charge in [-0.2, -0.15) is 0 Å². The summed E-state index contributed by atoms with van der Waals surface area (Å²) in [6.07, 6.45) is -0.249. The van der Waals surface area contributed by atoms with Crippen LogP contribution in [-0.4, -0.2) is 12.1 Å². The number of carbonyl (C=O) groups excluding carboxylic acids is 1. The Morgan fingerprint density at radius 2 is 1.94 bits per heavy atom. The van der Waals surface area contributed by atoms with Crippen molar-refractivity contribution < 1.29 is 14.3 Å². The van der Waals surface area contributed by atoms with Crippen LogP contribution in [0.15, 0.2) is 41.7 Å². The molecule has 3 heteroatoms. The highest BCUT2D eigenvalue weighted by Crippen LogP contribution is 2.29. The summed E-state index contributed by atoms with van der Waals surface area (Å²) >= 11 is 0. The van der Waals surface area contributed by atoms with Crippen molar-refractivity contribution >= 4 is 5.97 Å². The zero-order valence-electron chi connectivity index (χ0n) is 11.0. The zero-order valence-corrected chi connectivity index (χ0v) is 11.0. The van der Waals surface area contributed by atoms with Crippen molar-refractivity contribution in [3.63, 3.8) is 0 Å². The molecule has 0 aromatic heterocycles. The SMILES string of the molecule is CC1=C(OCc2ccccc2)[C@H](C(C)C)OC1=O. The lowest BCUT2D eigenvalue weighted by Gasteiger charge is -2.18. The molecule has 0 amide bonds. The van der Waals surface area contributed by atoms with Gasteiger partial charge in [-0.1, -0.05) is 44.2 Å². The summed E-state index contributed by atoms with van der Waals surface area (Å²) in [5.41, 5.74) is 1.67. The molecule has 0 unspecified atom stereocenters. The summed E-state index contributed by atoms with van der Waals surface area (Å²) in [4.78, 5) is 11.6. The first-order valence-electron chi connectivity index (χ1n) is 6.18. The molecule has 1 aromatic carbocycles. The average molecular weight is 246 g/mol. The van der Waals surface area contributed by atoms with Crippen LogP contribution in [0.1, 0.15) is 26.3 Å². The van der Waals surface area contributed by atoms with Crippen molar-refractivity contribution in [3.05, 3.63) is 47.2 Å². The number of carbonyl (C=O) groups is 1. The highest BCUT2D eigenvalue weighted by Gasteiger charge is 2.35. The number of hydrogen-bond donors (Lipinski definition) is 0. The number of cyclic esters (lactones) is 1. The van der Waals surface area contributed by atoms with E-state index in [0.29, 0.717) is 17.9 Å². The number of benzene rings is 1. The first kappa shape index (κ1) is 12.7. The van der Waals surface area contributed by atoms with E-state index in [0.717, 1.165) is 5.56 Å². The van der Waals surface area contributed by atoms with Gasteiger partial charge in [-0.15, -0.1) is 0 Å². The Morgan fingerprint density at radius 1 is 1.28 bits per heavy atom. The van der Waals surface area contributed by atoms with Gasteiger partial charge in [0, 0.05) is 0 Å². The first-order valence-corrected chi connectivity index (χ1v) is 6.18. The van der Waals surface area contributed by atoms with E-state index in [1.807, 2.05) is 44.2 Å². The molecule has 1 atom stereocenters. The molecule has 1 aromatic rings. The summed E-state index contributed by atoms with van der Waals surface area (Å²) in [5.74, 6) is 0.632. The molecular weight excluding hydrogens is 228 g/mol. The van der Waals surface area contributed by atoms with Crippen LogP contribution in [-0.2, 0) is 20.9 Å². The van der Waals surface area contributed by atoms with Gasteiger partial charge in [0.2, 0.25) is 0 Å². The molecule has 0 saturated carbocycles. The predicted molar refractivity (Wildman–Crippen MR) is 68.6 cm³/mol. The largest absolute Gasteiger partial charge is 0.489 e. The fourth-order valence-corrected chi connectivity index (χ4v) is 1.94. The van der Waals surface area contributed by atoms with E-state index in [1.165, 1.54) is 0 Å². The number of rotatable bonds is 4. The minimum absolute atomic E-state index is 0.220. The van der Waals surface area contributed by atoms with Gasteiger partial charge in [-0.05, 0) is 18.4 Å². The van der Waals surface area contributed by atoms with Crippen LogP contribution in [0.5, 0.6) is 0 Å². The van der Waals surface area contributed by atoms with Gasteiger partial charge in [0.25, 0.3) is 0 Å². The van der Waals surface area contributed by atoms with Crippen LogP contribution < -0.4 is 0 Å². The van der Waals surface area contributed by atoms with Gasteiger partial charge in [0.05, 0.1) is 5.57 Å². The fraction of sp³-hybridized carbons (Fsp3) is 0.400. The Bertz CT molecular complexity index is 460. The highest BCUT2D eigenvalue weighted by atomic mass is 16.6. The standard InChI is InChI=1S/C15H18O3/c1-10(2)13-14(11(3)15(16)18-13)17-9-12-7-5-4-6-8-12/h4-8,10,13H,9H2,1-3H3/t13-/m0/s1. The molecule has 0 saturated heterocycles. The van der Waals surface area contributed by atoms with E-state index in [4.69, 9.17) is 9.47 Å². The molecular formula is C15H18O3. The first-order chi connectivity index (χ1) is 8.59. The second-order valence-corrected chi connectivity index (χ2v) is 4.83. The van der Waals surface area contributed by atoms with Crippen molar-refractivity contribution in [2.75, 3.05) is 0 Å². The molecule has 1 aliphatic rings. The second-order valence-electron chi connectivity index (χ2n) is 4.83. The summed E-state index contributed by atoms with van der Waals surface area (Å²) in [6, 6.07) is 9.90. The summed E-state index contributed by atoms with van der Waals surface area (Å²) in [5, 5.41) is 0. The lowest BCUT2D eigenvalue weighted by molar-refractivity contribution is -0.142. The molecule has 1 heterocycles. The maximum absolute atomic E-state index is 11.6. The molecule has 0 aliphatic carbocycles. The zero-order chi connectivity index (χ0) is 13.1. The quantitative estimate of drug-likeness (QED) is 0.766. The maximum atomic E-state index is 11.6. The monoisotopic (exact) mass is 246 g/mol. The van der Waals surface area contributed by atoms with Crippen molar-refractivity contribution in [1.29, 1.82) is 0 Å². The molecule has 1 aliphatic heterocycles. The molecule has 0 N–H and O–H groups in total. The van der Waals surface area contributed by atoms with Gasteiger partial charge >= 0.3 is 5.97 Å². The number of hydrogen-bond acceptors (Lipinski definition) is 3. The van der Waals surface area contributed by atoms with Crippen LogP contribution >= 0.6 is 0 Å². The molecule has 0 radical (unpaired) electrons. The van der Waals surface area contributed by atoms with Crippen LogP contribution in [0.3, 0.4) is 0 Å². The highest BCUT2D eigenvalue weighted by molar-refractivity contribution is 5.91. The molecule has 0 bridgehead atoms. The second kappa shape index (κ2) is 5.25. The summed E-state index contributed by atoms with van der Waals surface area (Å²) < 4.78 is 11.1. The summed E-state index contributed by atoms with van der Waals surface area (Å²) in [7, 11) is 0. The Morgan fingerprint density at radius 3 is 2.56 bits per heavy atom. The topological polar surface area (TPSA) is 35.5 Å². The van der Waals surface area contributed by atoms with Crippen LogP contribution in [0.2, 0.25) is 0 Å². The fourth-order valence-electron chi connectivity index (χ4n) is 1.94. The maximum Gasteiger partial charge on any atom is 0.338 e. The summed E-state index contributed by atoms with van der Waals surface area (Å²) in [6.45, 7) is 6.25.